The molecule has 2 aromatic carbocycles. The molecule has 6 nitrogen and oxygen atoms in total. The number of hydrogen-bond acceptors (Lipinski definition) is 5. The molecule has 0 bridgehead atoms. The number of amidine groups is 1. The quantitative estimate of drug-likeness (QED) is 0.501. The lowest BCUT2D eigenvalue weighted by Crippen LogP contribution is -2.29. The van der Waals surface area contributed by atoms with E-state index < -0.39 is 15.8 Å². The Morgan fingerprint density at radius 1 is 1.13 bits per heavy atom. The van der Waals surface area contributed by atoms with E-state index in [1.165, 1.54) is 11.0 Å². The van der Waals surface area contributed by atoms with Gasteiger partial charge in [0.2, 0.25) is 0 Å². The molecule has 30 heavy (non-hydrogen) atoms. The Kier molecular flexibility index (Phi) is 6.42. The zero-order valence-electron chi connectivity index (χ0n) is 16.4. The van der Waals surface area contributed by atoms with Gasteiger partial charge in [0.15, 0.2) is 5.17 Å². The Balaban J connectivity index is 1.95. The Hall–Kier alpha value is -2.91. The summed E-state index contributed by atoms with van der Waals surface area (Å²) >= 11 is 0.973. The number of halogens is 1. The van der Waals surface area contributed by atoms with Crippen molar-refractivity contribution in [2.24, 2.45) is 4.40 Å². The molecular formula is C21H20FN3O3S2. The highest BCUT2D eigenvalue weighted by Gasteiger charge is 2.34. The van der Waals surface area contributed by atoms with E-state index in [1.807, 2.05) is 43.3 Å². The Morgan fingerprint density at radius 2 is 1.77 bits per heavy atom. The second kappa shape index (κ2) is 8.85. The van der Waals surface area contributed by atoms with Crippen LogP contribution in [0.15, 0.2) is 75.4 Å². The lowest BCUT2D eigenvalue weighted by atomic mass is 10.2. The number of hydrogen-bond donors (Lipinski definition) is 0. The molecule has 3 rings (SSSR count). The van der Waals surface area contributed by atoms with Crippen LogP contribution in [0.2, 0.25) is 0 Å². The van der Waals surface area contributed by atoms with E-state index in [1.54, 1.807) is 6.08 Å². The van der Waals surface area contributed by atoms with Crippen LogP contribution in [0.25, 0.3) is 6.08 Å². The van der Waals surface area contributed by atoms with Gasteiger partial charge < -0.3 is 4.90 Å². The molecule has 1 aliphatic rings. The van der Waals surface area contributed by atoms with E-state index in [0.29, 0.717) is 4.91 Å². The molecule has 156 valence electrons. The number of sulfonamides is 1. The molecule has 1 aliphatic heterocycles. The van der Waals surface area contributed by atoms with E-state index in [2.05, 4.69) is 11.0 Å². The third-order valence-electron chi connectivity index (χ3n) is 4.22. The molecule has 0 saturated carbocycles. The van der Waals surface area contributed by atoms with Crippen molar-refractivity contribution >= 4 is 44.6 Å². The van der Waals surface area contributed by atoms with Crippen LogP contribution in [0.3, 0.4) is 0 Å². The zero-order valence-corrected chi connectivity index (χ0v) is 18.1. The summed E-state index contributed by atoms with van der Waals surface area (Å²) in [5.74, 6) is -0.907. The SMILES string of the molecule is C=CCN1C(=O)C(=Cc2ccc(N(C)C)cc2)SC1=NS(=O)(=O)c1ccc(F)cc1. The Bertz CT molecular complexity index is 1120. The van der Waals surface area contributed by atoms with Gasteiger partial charge >= 0.3 is 0 Å². The third kappa shape index (κ3) is 4.80. The monoisotopic (exact) mass is 445 g/mol. The van der Waals surface area contributed by atoms with Gasteiger partial charge in [0, 0.05) is 26.3 Å². The van der Waals surface area contributed by atoms with Crippen molar-refractivity contribution in [3.8, 4) is 0 Å². The van der Waals surface area contributed by atoms with Gasteiger partial charge in [-0.1, -0.05) is 18.2 Å². The predicted octanol–water partition coefficient (Wildman–Crippen LogP) is 3.74. The van der Waals surface area contributed by atoms with Gasteiger partial charge in [-0.05, 0) is 59.8 Å². The largest absolute Gasteiger partial charge is 0.378 e. The van der Waals surface area contributed by atoms with Gasteiger partial charge in [0.05, 0.1) is 9.80 Å². The number of carbonyl (C=O) groups is 1. The summed E-state index contributed by atoms with van der Waals surface area (Å²) < 4.78 is 42.2. The van der Waals surface area contributed by atoms with Crippen LogP contribution in [0, 0.1) is 5.82 Å². The van der Waals surface area contributed by atoms with Crippen molar-refractivity contribution in [3.63, 3.8) is 0 Å². The van der Waals surface area contributed by atoms with Crippen LogP contribution in [0.5, 0.6) is 0 Å². The minimum atomic E-state index is -4.11. The lowest BCUT2D eigenvalue weighted by molar-refractivity contribution is -0.121. The van der Waals surface area contributed by atoms with Gasteiger partial charge in [0.1, 0.15) is 5.82 Å². The standard InChI is InChI=1S/C21H20FN3O3S2/c1-4-13-25-20(26)19(14-15-5-9-17(10-6-15)24(2)3)29-21(25)23-30(27,28)18-11-7-16(22)8-12-18/h4-12,14H,1,13H2,2-3H3. The second-order valence-electron chi connectivity index (χ2n) is 6.60. The number of thioether (sulfide) groups is 1. The van der Waals surface area contributed by atoms with E-state index in [-0.39, 0.29) is 22.5 Å². The fourth-order valence-electron chi connectivity index (χ4n) is 2.65. The molecule has 0 spiro atoms. The molecule has 1 saturated heterocycles. The van der Waals surface area contributed by atoms with Crippen LogP contribution in [0.4, 0.5) is 10.1 Å². The van der Waals surface area contributed by atoms with Crippen LogP contribution < -0.4 is 4.90 Å². The number of nitrogens with zero attached hydrogens (tertiary/aromatic N) is 3. The summed E-state index contributed by atoms with van der Waals surface area (Å²) in [6, 6.07) is 12.0. The molecule has 0 unspecified atom stereocenters. The van der Waals surface area contributed by atoms with Crippen LogP contribution >= 0.6 is 11.8 Å². The summed E-state index contributed by atoms with van der Waals surface area (Å²) in [6.07, 6.45) is 3.18. The predicted molar refractivity (Wildman–Crippen MR) is 119 cm³/mol. The number of anilines is 1. The van der Waals surface area contributed by atoms with Crippen LogP contribution in [0.1, 0.15) is 5.56 Å². The average Bonchev–Trinajstić information content (AvgIpc) is 2.97. The minimum Gasteiger partial charge on any atom is -0.378 e. The molecule has 0 radical (unpaired) electrons. The average molecular weight is 446 g/mol. The highest BCUT2D eigenvalue weighted by atomic mass is 32.2. The van der Waals surface area contributed by atoms with Gasteiger partial charge in [-0.15, -0.1) is 11.0 Å². The van der Waals surface area contributed by atoms with Crippen molar-refractivity contribution < 1.29 is 17.6 Å². The molecule has 2 aromatic rings. The van der Waals surface area contributed by atoms with Crippen molar-refractivity contribution in [1.29, 1.82) is 0 Å². The molecular weight excluding hydrogens is 425 g/mol. The Labute approximate surface area is 179 Å². The fourth-order valence-corrected chi connectivity index (χ4v) is 4.84. The molecule has 1 heterocycles. The molecule has 9 heteroatoms. The smallest absolute Gasteiger partial charge is 0.284 e. The van der Waals surface area contributed by atoms with Gasteiger partial charge in [-0.3, -0.25) is 9.69 Å². The van der Waals surface area contributed by atoms with Crippen molar-refractivity contribution in [1.82, 2.24) is 4.90 Å². The molecule has 1 amide bonds. The second-order valence-corrected chi connectivity index (χ2v) is 9.22. The summed E-state index contributed by atoms with van der Waals surface area (Å²) in [7, 11) is -0.243. The summed E-state index contributed by atoms with van der Waals surface area (Å²) in [6.45, 7) is 3.73. The summed E-state index contributed by atoms with van der Waals surface area (Å²) in [5, 5.41) is 0.0281. The number of rotatable bonds is 6. The first-order chi connectivity index (χ1) is 14.2. The van der Waals surface area contributed by atoms with E-state index in [4.69, 9.17) is 0 Å². The maximum absolute atomic E-state index is 13.1. The molecule has 0 aromatic heterocycles. The van der Waals surface area contributed by atoms with E-state index in [0.717, 1.165) is 47.3 Å². The number of carbonyl (C=O) groups excluding carboxylic acids is 1. The first-order valence-corrected chi connectivity index (χ1v) is 11.2. The van der Waals surface area contributed by atoms with E-state index >= 15 is 0 Å². The third-order valence-corrected chi connectivity index (χ3v) is 6.62. The van der Waals surface area contributed by atoms with Gasteiger partial charge in [-0.2, -0.15) is 8.42 Å². The molecule has 0 aliphatic carbocycles. The maximum Gasteiger partial charge on any atom is 0.284 e. The molecule has 1 fully saturated rings. The summed E-state index contributed by atoms with van der Waals surface area (Å²) in [5.41, 5.74) is 1.82. The molecule has 0 atom stereocenters. The first kappa shape index (κ1) is 21.8. The highest BCUT2D eigenvalue weighted by molar-refractivity contribution is 8.19. The number of benzene rings is 2. The summed E-state index contributed by atoms with van der Waals surface area (Å²) in [4.78, 5) is 16.2. The fraction of sp³-hybridized carbons (Fsp3) is 0.143. The Morgan fingerprint density at radius 3 is 2.33 bits per heavy atom. The van der Waals surface area contributed by atoms with Crippen molar-refractivity contribution in [3.05, 3.63) is 77.5 Å². The first-order valence-electron chi connectivity index (χ1n) is 8.91. The minimum absolute atomic E-state index is 0.0281. The van der Waals surface area contributed by atoms with E-state index in [9.17, 15) is 17.6 Å². The van der Waals surface area contributed by atoms with Crippen molar-refractivity contribution in [2.45, 2.75) is 4.90 Å². The topological polar surface area (TPSA) is 70.1 Å². The van der Waals surface area contributed by atoms with Crippen LogP contribution in [-0.4, -0.2) is 45.0 Å². The maximum atomic E-state index is 13.1. The lowest BCUT2D eigenvalue weighted by Gasteiger charge is -2.12. The molecule has 0 N–H and O–H groups in total. The zero-order chi connectivity index (χ0) is 21.9. The van der Waals surface area contributed by atoms with Gasteiger partial charge in [0.25, 0.3) is 15.9 Å². The number of amides is 1. The normalized spacial score (nSPS) is 17.0. The van der Waals surface area contributed by atoms with Crippen molar-refractivity contribution in [2.75, 3.05) is 25.5 Å². The highest BCUT2D eigenvalue weighted by Crippen LogP contribution is 2.34. The van der Waals surface area contributed by atoms with Crippen LogP contribution in [-0.2, 0) is 14.8 Å². The van der Waals surface area contributed by atoms with Gasteiger partial charge in [-0.25, -0.2) is 4.39 Å².